The van der Waals surface area contributed by atoms with E-state index < -0.39 is 16.8 Å². The monoisotopic (exact) mass is 206 g/mol. The Morgan fingerprint density at radius 1 is 1.54 bits per heavy atom. The summed E-state index contributed by atoms with van der Waals surface area (Å²) in [6.07, 6.45) is 0. The van der Waals surface area contributed by atoms with Gasteiger partial charge in [-0.1, -0.05) is 5.16 Å². The summed E-state index contributed by atoms with van der Waals surface area (Å²) in [5.41, 5.74) is 0.276. The Labute approximate surface area is 75.6 Å². The van der Waals surface area contributed by atoms with Crippen LogP contribution in [0.15, 0.2) is 9.42 Å². The summed E-state index contributed by atoms with van der Waals surface area (Å²) in [7, 11) is -3.68. The van der Waals surface area contributed by atoms with Crippen LogP contribution in [-0.2, 0) is 10.0 Å². The molecule has 2 N–H and O–H groups in total. The van der Waals surface area contributed by atoms with E-state index in [1.807, 2.05) is 4.72 Å². The summed E-state index contributed by atoms with van der Waals surface area (Å²) in [4.78, 5) is -0.0125. The van der Waals surface area contributed by atoms with Crippen LogP contribution < -0.4 is 4.72 Å². The lowest BCUT2D eigenvalue weighted by atomic mass is 10.4. The fourth-order valence-electron chi connectivity index (χ4n) is 1.02. The van der Waals surface area contributed by atoms with Gasteiger partial charge in [0.05, 0.1) is 0 Å². The number of aliphatic hydroxyl groups is 1. The molecule has 1 aromatic rings. The molecule has 0 amide bonds. The standard InChI is InChI=1S/C6H10N2O4S/c1-4-6(5(2)12-8-4)13(10,11)7-3-9/h7,9H,3H2,1-2H3. The molecule has 7 heteroatoms. The van der Waals surface area contributed by atoms with Crippen LogP contribution in [0.1, 0.15) is 11.5 Å². The average molecular weight is 206 g/mol. The molecule has 0 saturated heterocycles. The number of aliphatic hydroxyl groups excluding tert-OH is 1. The number of aromatic nitrogens is 1. The van der Waals surface area contributed by atoms with Crippen molar-refractivity contribution < 1.29 is 18.0 Å². The van der Waals surface area contributed by atoms with Crippen molar-refractivity contribution >= 4 is 10.0 Å². The topological polar surface area (TPSA) is 92.4 Å². The number of hydrogen-bond donors (Lipinski definition) is 2. The van der Waals surface area contributed by atoms with Crippen LogP contribution >= 0.6 is 0 Å². The fraction of sp³-hybridized carbons (Fsp3) is 0.500. The highest BCUT2D eigenvalue weighted by Crippen LogP contribution is 2.17. The van der Waals surface area contributed by atoms with E-state index in [0.29, 0.717) is 0 Å². The van der Waals surface area contributed by atoms with Gasteiger partial charge in [-0.15, -0.1) is 0 Å². The van der Waals surface area contributed by atoms with E-state index in [1.54, 1.807) is 0 Å². The molecule has 1 heterocycles. The van der Waals surface area contributed by atoms with Crippen molar-refractivity contribution in [1.82, 2.24) is 9.88 Å². The lowest BCUT2D eigenvalue weighted by molar-refractivity contribution is 0.288. The van der Waals surface area contributed by atoms with Crippen LogP contribution in [0.3, 0.4) is 0 Å². The summed E-state index contributed by atoms with van der Waals surface area (Å²) in [6.45, 7) is 2.36. The van der Waals surface area contributed by atoms with Gasteiger partial charge in [0.1, 0.15) is 17.3 Å². The lowest BCUT2D eigenvalue weighted by Gasteiger charge is -2.01. The van der Waals surface area contributed by atoms with E-state index in [9.17, 15) is 8.42 Å². The fourth-order valence-corrected chi connectivity index (χ4v) is 2.17. The van der Waals surface area contributed by atoms with Crippen molar-refractivity contribution in [3.63, 3.8) is 0 Å². The van der Waals surface area contributed by atoms with Gasteiger partial charge in [-0.2, -0.15) is 4.72 Å². The van der Waals surface area contributed by atoms with Gasteiger partial charge < -0.3 is 9.63 Å². The number of nitrogens with one attached hydrogen (secondary N) is 1. The van der Waals surface area contributed by atoms with E-state index in [2.05, 4.69) is 9.68 Å². The minimum Gasteiger partial charge on any atom is -0.380 e. The van der Waals surface area contributed by atoms with Crippen LogP contribution in [0.5, 0.6) is 0 Å². The average Bonchev–Trinajstić information content (AvgIpc) is 2.31. The maximum absolute atomic E-state index is 11.4. The minimum absolute atomic E-state index is 0.0125. The van der Waals surface area contributed by atoms with Crippen LogP contribution in [0.25, 0.3) is 0 Å². The van der Waals surface area contributed by atoms with E-state index in [1.165, 1.54) is 13.8 Å². The third-order valence-electron chi connectivity index (χ3n) is 1.49. The van der Waals surface area contributed by atoms with Crippen LogP contribution in [-0.4, -0.2) is 25.4 Å². The van der Waals surface area contributed by atoms with Gasteiger partial charge in [-0.05, 0) is 13.8 Å². The van der Waals surface area contributed by atoms with E-state index >= 15 is 0 Å². The second kappa shape index (κ2) is 3.44. The first kappa shape index (κ1) is 10.2. The Hall–Kier alpha value is -0.920. The predicted molar refractivity (Wildman–Crippen MR) is 43.4 cm³/mol. The van der Waals surface area contributed by atoms with Crippen molar-refractivity contribution in [2.75, 3.05) is 6.73 Å². The van der Waals surface area contributed by atoms with Crippen LogP contribution in [0.2, 0.25) is 0 Å². The smallest absolute Gasteiger partial charge is 0.247 e. The van der Waals surface area contributed by atoms with Crippen molar-refractivity contribution in [2.45, 2.75) is 18.7 Å². The quantitative estimate of drug-likeness (QED) is 0.651. The SMILES string of the molecule is Cc1noc(C)c1S(=O)(=O)NCO. The second-order valence-electron chi connectivity index (χ2n) is 2.46. The molecule has 0 unspecified atom stereocenters. The Balaban J connectivity index is 3.21. The molecule has 0 atom stereocenters. The van der Waals surface area contributed by atoms with Crippen LogP contribution in [0, 0.1) is 13.8 Å². The summed E-state index contributed by atoms with van der Waals surface area (Å²) in [6, 6.07) is 0. The van der Waals surface area contributed by atoms with E-state index in [0.717, 1.165) is 0 Å². The normalized spacial score (nSPS) is 11.9. The first-order chi connectivity index (χ1) is 5.99. The second-order valence-corrected chi connectivity index (χ2v) is 4.16. The molecule has 0 bridgehead atoms. The highest BCUT2D eigenvalue weighted by molar-refractivity contribution is 7.89. The van der Waals surface area contributed by atoms with Gasteiger partial charge in [-0.25, -0.2) is 8.42 Å². The van der Waals surface area contributed by atoms with Gasteiger partial charge in [0, 0.05) is 0 Å². The molecule has 0 aliphatic heterocycles. The molecule has 0 aliphatic rings. The largest absolute Gasteiger partial charge is 0.380 e. The predicted octanol–water partition coefficient (Wildman–Crippen LogP) is -0.480. The third-order valence-corrected chi connectivity index (χ3v) is 3.12. The third kappa shape index (κ3) is 1.87. The molecule has 0 saturated carbocycles. The maximum Gasteiger partial charge on any atom is 0.247 e. The van der Waals surface area contributed by atoms with Gasteiger partial charge in [0.25, 0.3) is 0 Å². The minimum atomic E-state index is -3.68. The zero-order chi connectivity index (χ0) is 10.1. The van der Waals surface area contributed by atoms with Crippen LogP contribution in [0.4, 0.5) is 0 Å². The first-order valence-electron chi connectivity index (χ1n) is 3.52. The molecule has 74 valence electrons. The molecule has 13 heavy (non-hydrogen) atoms. The molecule has 1 rings (SSSR count). The summed E-state index contributed by atoms with van der Waals surface area (Å²) < 4.78 is 29.3. The Morgan fingerprint density at radius 2 is 2.15 bits per heavy atom. The highest BCUT2D eigenvalue weighted by Gasteiger charge is 2.23. The summed E-state index contributed by atoms with van der Waals surface area (Å²) in [5.74, 6) is 0.207. The van der Waals surface area contributed by atoms with Gasteiger partial charge in [0.2, 0.25) is 10.0 Å². The number of hydrogen-bond acceptors (Lipinski definition) is 5. The molecular formula is C6H10N2O4S. The van der Waals surface area contributed by atoms with Crippen molar-refractivity contribution in [2.24, 2.45) is 0 Å². The molecule has 6 nitrogen and oxygen atoms in total. The van der Waals surface area contributed by atoms with Gasteiger partial charge in [-0.3, -0.25) is 0 Å². The Morgan fingerprint density at radius 3 is 2.54 bits per heavy atom. The number of rotatable bonds is 3. The maximum atomic E-state index is 11.4. The molecule has 0 aromatic carbocycles. The van der Waals surface area contributed by atoms with Gasteiger partial charge in [0.15, 0.2) is 5.76 Å². The van der Waals surface area contributed by atoms with Crippen molar-refractivity contribution in [3.8, 4) is 0 Å². The molecule has 0 aliphatic carbocycles. The first-order valence-corrected chi connectivity index (χ1v) is 5.00. The van der Waals surface area contributed by atoms with E-state index in [4.69, 9.17) is 5.11 Å². The molecular weight excluding hydrogens is 196 g/mol. The molecule has 1 aromatic heterocycles. The molecule has 0 radical (unpaired) electrons. The Kier molecular flexibility index (Phi) is 2.69. The molecule has 0 spiro atoms. The summed E-state index contributed by atoms with van der Waals surface area (Å²) >= 11 is 0. The molecule has 0 fully saturated rings. The highest BCUT2D eigenvalue weighted by atomic mass is 32.2. The lowest BCUT2D eigenvalue weighted by Crippen LogP contribution is -2.25. The van der Waals surface area contributed by atoms with E-state index in [-0.39, 0.29) is 16.3 Å². The number of nitrogens with zero attached hydrogens (tertiary/aromatic N) is 1. The zero-order valence-corrected chi connectivity index (χ0v) is 8.05. The summed E-state index contributed by atoms with van der Waals surface area (Å²) in [5, 5.41) is 11.9. The van der Waals surface area contributed by atoms with Crippen molar-refractivity contribution in [3.05, 3.63) is 11.5 Å². The zero-order valence-electron chi connectivity index (χ0n) is 7.23. The number of sulfonamides is 1. The Bertz CT molecular complexity index is 375. The number of aryl methyl sites for hydroxylation is 2. The van der Waals surface area contributed by atoms with Gasteiger partial charge >= 0.3 is 0 Å². The van der Waals surface area contributed by atoms with Crippen molar-refractivity contribution in [1.29, 1.82) is 0 Å².